The van der Waals surface area contributed by atoms with Crippen LogP contribution < -0.4 is 16.8 Å². The second-order valence-corrected chi connectivity index (χ2v) is 7.41. The second kappa shape index (κ2) is 18.0. The van der Waals surface area contributed by atoms with Gasteiger partial charge in [0, 0.05) is 0 Å². The van der Waals surface area contributed by atoms with Gasteiger partial charge in [-0.05, 0) is 12.8 Å². The summed E-state index contributed by atoms with van der Waals surface area (Å²) in [4.78, 5) is 0. The third kappa shape index (κ3) is 19.6. The predicted molar refractivity (Wildman–Crippen MR) is 106 cm³/mol. The van der Waals surface area contributed by atoms with Crippen molar-refractivity contribution in [2.24, 2.45) is 11.5 Å². The molecule has 0 heterocycles. The molecular weight excluding hydrogens is 349 g/mol. The van der Waals surface area contributed by atoms with Crippen LogP contribution in [0.3, 0.4) is 0 Å². The van der Waals surface area contributed by atoms with E-state index in [9.17, 15) is 0 Å². The molecule has 0 aromatic heterocycles. The van der Waals surface area contributed by atoms with Crippen molar-refractivity contribution in [1.82, 2.24) is 5.32 Å². The van der Waals surface area contributed by atoms with Gasteiger partial charge in [-0.15, -0.1) is 0 Å². The molecule has 0 bridgehead atoms. The number of hydrogen-bond acceptors (Lipinski definition) is 3. The third-order valence-corrected chi connectivity index (χ3v) is 4.35. The molecule has 3 nitrogen and oxygen atoms in total. The molecule has 0 aromatic rings. The Morgan fingerprint density at radius 2 is 1.35 bits per heavy atom. The molecule has 0 aliphatic rings. The quantitative estimate of drug-likeness (QED) is 0.152. The maximum atomic E-state index is 5.89. The van der Waals surface area contributed by atoms with E-state index < -0.39 is 0 Å². The van der Waals surface area contributed by atoms with Crippen LogP contribution in [0.4, 0.5) is 0 Å². The van der Waals surface area contributed by atoms with Crippen molar-refractivity contribution in [2.75, 3.05) is 0 Å². The van der Waals surface area contributed by atoms with Gasteiger partial charge in [0.25, 0.3) is 0 Å². The average molecular weight is 389 g/mol. The molecule has 1 unspecified atom stereocenters. The van der Waals surface area contributed by atoms with E-state index in [1.807, 2.05) is 0 Å². The summed E-state index contributed by atoms with van der Waals surface area (Å²) in [6.07, 6.45) is 23.0. The number of allylic oxidation sites excluding steroid dienone is 2. The van der Waals surface area contributed by atoms with Crippen molar-refractivity contribution in [3.05, 3.63) is 12.2 Å². The fourth-order valence-corrected chi connectivity index (χ4v) is 3.01. The second-order valence-electron chi connectivity index (χ2n) is 6.49. The molecule has 136 valence electrons. The molecule has 5 N–H and O–H groups in total. The van der Waals surface area contributed by atoms with Gasteiger partial charge in [0.05, 0.1) is 0 Å². The van der Waals surface area contributed by atoms with Crippen molar-refractivity contribution in [2.45, 2.75) is 103 Å². The van der Waals surface area contributed by atoms with Crippen LogP contribution in [0.1, 0.15) is 96.8 Å². The number of rotatable bonds is 17. The number of nitrogens with two attached hydrogens (primary N) is 2. The zero-order valence-electron chi connectivity index (χ0n) is 15.2. The van der Waals surface area contributed by atoms with Gasteiger partial charge in [-0.25, -0.2) is 0 Å². The monoisotopic (exact) mass is 389 g/mol. The first kappa shape index (κ1) is 22.7. The van der Waals surface area contributed by atoms with E-state index in [0.29, 0.717) is 4.67 Å². The number of unbranched alkanes of at least 4 members (excludes halogenated alkanes) is 11. The maximum absolute atomic E-state index is 5.89. The molecule has 0 aliphatic heterocycles. The normalized spacial score (nSPS) is 12.6. The van der Waals surface area contributed by atoms with Crippen molar-refractivity contribution in [3.63, 3.8) is 0 Å². The van der Waals surface area contributed by atoms with Crippen LogP contribution in [-0.2, 0) is 0 Å². The van der Waals surface area contributed by atoms with Crippen LogP contribution in [0.2, 0.25) is 0 Å². The first-order chi connectivity index (χ1) is 11.2. The molecule has 0 radical (unpaired) electrons. The zero-order valence-corrected chi connectivity index (χ0v) is 16.9. The van der Waals surface area contributed by atoms with Gasteiger partial charge >= 0.3 is 100 Å². The van der Waals surface area contributed by atoms with Crippen molar-refractivity contribution < 1.29 is 0 Å². The molecule has 4 heteroatoms. The number of nitrogens with one attached hydrogen (secondary N) is 1. The van der Waals surface area contributed by atoms with Gasteiger partial charge in [0.1, 0.15) is 0 Å². The molecule has 0 amide bonds. The molecule has 0 saturated heterocycles. The predicted octanol–water partition coefficient (Wildman–Crippen LogP) is 4.11. The Balaban J connectivity index is 3.17. The Labute approximate surface area is 152 Å². The average Bonchev–Trinajstić information content (AvgIpc) is 2.50. The molecule has 0 rings (SSSR count). The Morgan fingerprint density at radius 3 is 1.87 bits per heavy atom. The van der Waals surface area contributed by atoms with Crippen LogP contribution in [-0.4, -0.2) is 26.4 Å². The van der Waals surface area contributed by atoms with Crippen LogP contribution in [0, 0.1) is 0 Å². The van der Waals surface area contributed by atoms with E-state index in [-0.39, 0.29) is 6.17 Å². The fraction of sp³-hybridized carbons (Fsp3) is 0.842. The van der Waals surface area contributed by atoms with Crippen molar-refractivity contribution in [1.29, 1.82) is 0 Å². The molecule has 0 saturated carbocycles. The standard InChI is InChI=1S/C19H39N3Se/c1-2-3-4-5-6-7-8-9-10-11-12-13-14-15-16-17-18(20)22-19(21)23/h9-10,18H,2-8,11-17,20H2,1H3,(H3,21,22,23)/b10-9-. The summed E-state index contributed by atoms with van der Waals surface area (Å²) in [6.45, 7) is 2.27. The summed E-state index contributed by atoms with van der Waals surface area (Å²) in [7, 11) is 0. The van der Waals surface area contributed by atoms with Gasteiger partial charge in [0.15, 0.2) is 0 Å². The molecule has 0 fully saturated rings. The first-order valence-electron chi connectivity index (χ1n) is 9.63. The Kier molecular flexibility index (Phi) is 17.8. The van der Waals surface area contributed by atoms with E-state index in [0.717, 1.165) is 6.42 Å². The molecule has 0 spiro atoms. The molecular formula is C19H39N3Se. The SMILES string of the molecule is CCCCCCCC/C=C\CCCCCCCC(N)NC(N)=[Se]. The van der Waals surface area contributed by atoms with E-state index in [4.69, 9.17) is 11.5 Å². The first-order valence-corrected chi connectivity index (χ1v) is 10.5. The van der Waals surface area contributed by atoms with E-state index in [1.54, 1.807) is 0 Å². The van der Waals surface area contributed by atoms with Gasteiger partial charge < -0.3 is 0 Å². The van der Waals surface area contributed by atoms with Crippen LogP contribution in [0.15, 0.2) is 12.2 Å². The Bertz CT molecular complexity index is 292. The molecule has 0 aromatic carbocycles. The fourth-order valence-electron chi connectivity index (χ4n) is 2.69. The summed E-state index contributed by atoms with van der Waals surface area (Å²) in [5.41, 5.74) is 11.4. The summed E-state index contributed by atoms with van der Waals surface area (Å²) in [5.74, 6) is 0. The molecule has 0 aliphatic carbocycles. The molecule has 23 heavy (non-hydrogen) atoms. The number of hydrogen-bond donors (Lipinski definition) is 3. The summed E-state index contributed by atoms with van der Waals surface area (Å²) in [5, 5.41) is 3.00. The van der Waals surface area contributed by atoms with Gasteiger partial charge in [-0.2, -0.15) is 0 Å². The van der Waals surface area contributed by atoms with Gasteiger partial charge in [-0.1, -0.05) is 39.0 Å². The van der Waals surface area contributed by atoms with E-state index in [1.165, 1.54) is 83.5 Å². The Morgan fingerprint density at radius 1 is 0.870 bits per heavy atom. The minimum absolute atomic E-state index is 0.0128. The zero-order chi connectivity index (χ0) is 17.2. The van der Waals surface area contributed by atoms with Crippen molar-refractivity contribution >= 4 is 20.2 Å². The van der Waals surface area contributed by atoms with Crippen LogP contribution in [0.25, 0.3) is 0 Å². The van der Waals surface area contributed by atoms with Crippen LogP contribution >= 0.6 is 0 Å². The summed E-state index contributed by atoms with van der Waals surface area (Å²) < 4.78 is 0.588. The summed E-state index contributed by atoms with van der Waals surface area (Å²) >= 11 is 2.72. The van der Waals surface area contributed by atoms with Gasteiger partial charge in [0.2, 0.25) is 0 Å². The van der Waals surface area contributed by atoms with E-state index in [2.05, 4.69) is 40.0 Å². The van der Waals surface area contributed by atoms with Crippen LogP contribution in [0.5, 0.6) is 0 Å². The van der Waals surface area contributed by atoms with Crippen molar-refractivity contribution in [3.8, 4) is 0 Å². The molecule has 1 atom stereocenters. The van der Waals surface area contributed by atoms with E-state index >= 15 is 0 Å². The minimum atomic E-state index is -0.0128. The summed E-state index contributed by atoms with van der Waals surface area (Å²) in [6, 6.07) is 0. The topological polar surface area (TPSA) is 64.1 Å². The Hall–Kier alpha value is -0.311. The van der Waals surface area contributed by atoms with Gasteiger partial charge in [-0.3, -0.25) is 0 Å². The third-order valence-electron chi connectivity index (χ3n) is 4.10.